The topological polar surface area (TPSA) is 56.0 Å². The van der Waals surface area contributed by atoms with E-state index in [1.807, 2.05) is 23.8 Å². The van der Waals surface area contributed by atoms with Gasteiger partial charge < -0.3 is 10.4 Å². The summed E-state index contributed by atoms with van der Waals surface area (Å²) < 4.78 is 0. The van der Waals surface area contributed by atoms with Gasteiger partial charge in [0, 0.05) is 19.5 Å². The van der Waals surface area contributed by atoms with Crippen LogP contribution in [0, 0.1) is 16.7 Å². The first kappa shape index (κ1) is 15.2. The van der Waals surface area contributed by atoms with E-state index < -0.39 is 5.60 Å². The SMILES string of the molecule is CC(C)(CCC#N)CNCC(C)(O)c1ccsc1. The van der Waals surface area contributed by atoms with Crippen molar-refractivity contribution in [1.82, 2.24) is 5.32 Å². The van der Waals surface area contributed by atoms with Crippen LogP contribution in [0.2, 0.25) is 0 Å². The third-order valence-corrected chi connectivity index (χ3v) is 3.81. The van der Waals surface area contributed by atoms with Crippen LogP contribution < -0.4 is 5.32 Å². The number of thiophene rings is 1. The largest absolute Gasteiger partial charge is 0.384 e. The third-order valence-electron chi connectivity index (χ3n) is 3.13. The summed E-state index contributed by atoms with van der Waals surface area (Å²) in [5, 5.41) is 26.2. The lowest BCUT2D eigenvalue weighted by molar-refractivity contribution is 0.0546. The quantitative estimate of drug-likeness (QED) is 0.798. The standard InChI is InChI=1S/C14H22N2OS/c1-13(2,6-4-7-15)10-16-11-14(3,17)12-5-8-18-9-12/h5,8-9,16-17H,4,6,10-11H2,1-3H3. The molecule has 0 radical (unpaired) electrons. The Bertz CT molecular complexity index is 390. The van der Waals surface area contributed by atoms with E-state index in [1.54, 1.807) is 11.3 Å². The van der Waals surface area contributed by atoms with Crippen LogP contribution in [0.15, 0.2) is 16.8 Å². The molecule has 0 spiro atoms. The minimum Gasteiger partial charge on any atom is -0.384 e. The Morgan fingerprint density at radius 1 is 1.39 bits per heavy atom. The van der Waals surface area contributed by atoms with Gasteiger partial charge in [-0.05, 0) is 41.1 Å². The molecule has 0 aliphatic heterocycles. The fourth-order valence-electron chi connectivity index (χ4n) is 1.80. The molecule has 1 rings (SSSR count). The molecule has 0 aliphatic rings. The molecule has 1 aromatic heterocycles. The molecule has 0 fully saturated rings. The predicted molar refractivity (Wildman–Crippen MR) is 75.4 cm³/mol. The molecule has 0 bridgehead atoms. The van der Waals surface area contributed by atoms with E-state index >= 15 is 0 Å². The van der Waals surface area contributed by atoms with Crippen LogP contribution in [-0.4, -0.2) is 18.2 Å². The summed E-state index contributed by atoms with van der Waals surface area (Å²) in [4.78, 5) is 0. The molecule has 0 aromatic carbocycles. The first-order chi connectivity index (χ1) is 8.37. The molecule has 3 nitrogen and oxygen atoms in total. The minimum absolute atomic E-state index is 0.0838. The van der Waals surface area contributed by atoms with Gasteiger partial charge in [-0.3, -0.25) is 0 Å². The van der Waals surface area contributed by atoms with Crippen LogP contribution in [-0.2, 0) is 5.60 Å². The summed E-state index contributed by atoms with van der Waals surface area (Å²) >= 11 is 1.59. The summed E-state index contributed by atoms with van der Waals surface area (Å²) in [7, 11) is 0. The van der Waals surface area contributed by atoms with Gasteiger partial charge in [-0.1, -0.05) is 13.8 Å². The number of nitriles is 1. The lowest BCUT2D eigenvalue weighted by atomic mass is 9.87. The van der Waals surface area contributed by atoms with Crippen molar-refractivity contribution in [3.63, 3.8) is 0 Å². The molecular formula is C14H22N2OS. The molecule has 1 heterocycles. The number of hydrogen-bond donors (Lipinski definition) is 2. The van der Waals surface area contributed by atoms with Gasteiger partial charge in [0.15, 0.2) is 0 Å². The van der Waals surface area contributed by atoms with Crippen LogP contribution in [0.3, 0.4) is 0 Å². The highest BCUT2D eigenvalue weighted by Gasteiger charge is 2.24. The van der Waals surface area contributed by atoms with Gasteiger partial charge >= 0.3 is 0 Å². The monoisotopic (exact) mass is 266 g/mol. The molecule has 2 N–H and O–H groups in total. The van der Waals surface area contributed by atoms with Gasteiger partial charge in [-0.2, -0.15) is 16.6 Å². The van der Waals surface area contributed by atoms with E-state index in [1.165, 1.54) is 0 Å². The first-order valence-corrected chi connectivity index (χ1v) is 7.14. The molecule has 0 amide bonds. The van der Waals surface area contributed by atoms with Crippen molar-refractivity contribution in [2.45, 2.75) is 39.2 Å². The van der Waals surface area contributed by atoms with Gasteiger partial charge in [-0.15, -0.1) is 0 Å². The normalized spacial score (nSPS) is 15.1. The summed E-state index contributed by atoms with van der Waals surface area (Å²) in [5.74, 6) is 0. The lowest BCUT2D eigenvalue weighted by Gasteiger charge is -2.28. The van der Waals surface area contributed by atoms with Gasteiger partial charge in [0.25, 0.3) is 0 Å². The van der Waals surface area contributed by atoms with Crippen molar-refractivity contribution in [2.24, 2.45) is 5.41 Å². The molecule has 1 atom stereocenters. The van der Waals surface area contributed by atoms with Crippen molar-refractivity contribution >= 4 is 11.3 Å². The van der Waals surface area contributed by atoms with Crippen LogP contribution in [0.1, 0.15) is 39.2 Å². The molecule has 0 saturated carbocycles. The zero-order chi connectivity index (χ0) is 13.6. The van der Waals surface area contributed by atoms with E-state index in [4.69, 9.17) is 5.26 Å². The van der Waals surface area contributed by atoms with E-state index in [0.717, 1.165) is 18.5 Å². The van der Waals surface area contributed by atoms with Gasteiger partial charge in [0.05, 0.1) is 11.7 Å². The zero-order valence-corrected chi connectivity index (χ0v) is 12.2. The molecule has 1 unspecified atom stereocenters. The molecule has 0 saturated heterocycles. The fraction of sp³-hybridized carbons (Fsp3) is 0.643. The minimum atomic E-state index is -0.828. The van der Waals surface area contributed by atoms with E-state index in [0.29, 0.717) is 13.0 Å². The van der Waals surface area contributed by atoms with E-state index in [9.17, 15) is 5.11 Å². The molecule has 0 aliphatic carbocycles. The van der Waals surface area contributed by atoms with Crippen molar-refractivity contribution < 1.29 is 5.11 Å². The smallest absolute Gasteiger partial charge is 0.1000 e. The summed E-state index contributed by atoms with van der Waals surface area (Å²) in [6.45, 7) is 7.42. The predicted octanol–water partition coefficient (Wildman–Crippen LogP) is 2.88. The molecule has 18 heavy (non-hydrogen) atoms. The second-order valence-electron chi connectivity index (χ2n) is 5.71. The van der Waals surface area contributed by atoms with Crippen molar-refractivity contribution in [3.05, 3.63) is 22.4 Å². The maximum Gasteiger partial charge on any atom is 0.1000 e. The second kappa shape index (κ2) is 6.33. The van der Waals surface area contributed by atoms with Crippen molar-refractivity contribution in [3.8, 4) is 6.07 Å². The lowest BCUT2D eigenvalue weighted by Crippen LogP contribution is -2.39. The number of hydrogen-bond acceptors (Lipinski definition) is 4. The Morgan fingerprint density at radius 2 is 2.11 bits per heavy atom. The Labute approximate surface area is 113 Å². The van der Waals surface area contributed by atoms with Gasteiger partial charge in [0.2, 0.25) is 0 Å². The van der Waals surface area contributed by atoms with Crippen molar-refractivity contribution in [2.75, 3.05) is 13.1 Å². The summed E-state index contributed by atoms with van der Waals surface area (Å²) in [6, 6.07) is 4.13. The number of nitrogens with one attached hydrogen (secondary N) is 1. The molecule has 100 valence electrons. The highest BCUT2D eigenvalue weighted by atomic mass is 32.1. The Morgan fingerprint density at radius 3 is 2.67 bits per heavy atom. The molecule has 1 aromatic rings. The first-order valence-electron chi connectivity index (χ1n) is 6.20. The van der Waals surface area contributed by atoms with Crippen LogP contribution in [0.5, 0.6) is 0 Å². The number of nitrogens with zero attached hydrogens (tertiary/aromatic N) is 1. The Balaban J connectivity index is 2.40. The van der Waals surface area contributed by atoms with Crippen LogP contribution in [0.25, 0.3) is 0 Å². The molecule has 4 heteroatoms. The number of aliphatic hydroxyl groups is 1. The summed E-state index contributed by atoms with van der Waals surface area (Å²) in [6.07, 6.45) is 1.45. The third kappa shape index (κ3) is 4.77. The maximum atomic E-state index is 10.3. The van der Waals surface area contributed by atoms with E-state index in [-0.39, 0.29) is 5.41 Å². The van der Waals surface area contributed by atoms with Gasteiger partial charge in [-0.25, -0.2) is 0 Å². The van der Waals surface area contributed by atoms with Crippen LogP contribution >= 0.6 is 11.3 Å². The molecular weight excluding hydrogens is 244 g/mol. The average Bonchev–Trinajstić information content (AvgIpc) is 2.80. The van der Waals surface area contributed by atoms with E-state index in [2.05, 4.69) is 25.2 Å². The Hall–Kier alpha value is -0.890. The van der Waals surface area contributed by atoms with Gasteiger partial charge in [0.1, 0.15) is 0 Å². The average molecular weight is 266 g/mol. The highest BCUT2D eigenvalue weighted by molar-refractivity contribution is 7.08. The maximum absolute atomic E-state index is 10.3. The summed E-state index contributed by atoms with van der Waals surface area (Å²) in [5.41, 5.74) is 0.209. The Kier molecular flexibility index (Phi) is 5.33. The fourth-order valence-corrected chi connectivity index (χ4v) is 2.58. The second-order valence-corrected chi connectivity index (χ2v) is 6.49. The number of rotatable bonds is 7. The zero-order valence-electron chi connectivity index (χ0n) is 11.4. The highest BCUT2D eigenvalue weighted by Crippen LogP contribution is 2.24. The van der Waals surface area contributed by atoms with Crippen molar-refractivity contribution in [1.29, 1.82) is 5.26 Å². The van der Waals surface area contributed by atoms with Crippen LogP contribution in [0.4, 0.5) is 0 Å².